The van der Waals surface area contributed by atoms with Crippen LogP contribution in [0.1, 0.15) is 15.2 Å². The van der Waals surface area contributed by atoms with Gasteiger partial charge in [-0.3, -0.25) is 0 Å². The fourth-order valence-corrected chi connectivity index (χ4v) is 3.62. The molecular weight excluding hydrogens is 324 g/mol. The minimum absolute atomic E-state index is 0.132. The highest BCUT2D eigenvalue weighted by Gasteiger charge is 2.19. The number of carboxylic acids is 1. The predicted molar refractivity (Wildman–Crippen MR) is 71.7 cm³/mol. The summed E-state index contributed by atoms with van der Waals surface area (Å²) in [5, 5.41) is 9.90. The molecular formula is C12H9F2NO4S2. The summed E-state index contributed by atoms with van der Waals surface area (Å²) in [5.41, 5.74) is -0.146. The van der Waals surface area contributed by atoms with Crippen molar-refractivity contribution in [3.05, 3.63) is 51.7 Å². The van der Waals surface area contributed by atoms with Crippen LogP contribution in [0.25, 0.3) is 0 Å². The van der Waals surface area contributed by atoms with Crippen LogP contribution in [0.5, 0.6) is 0 Å². The van der Waals surface area contributed by atoms with Gasteiger partial charge in [0.1, 0.15) is 16.5 Å². The number of thiophene rings is 1. The number of sulfonamides is 1. The van der Waals surface area contributed by atoms with Crippen molar-refractivity contribution in [1.29, 1.82) is 0 Å². The van der Waals surface area contributed by atoms with Crippen LogP contribution in [-0.2, 0) is 16.6 Å². The molecule has 2 aromatic rings. The van der Waals surface area contributed by atoms with Gasteiger partial charge in [-0.15, -0.1) is 11.3 Å². The first-order chi connectivity index (χ1) is 9.79. The summed E-state index contributed by atoms with van der Waals surface area (Å²) in [4.78, 5) is 10.3. The Morgan fingerprint density at radius 2 is 2.00 bits per heavy atom. The van der Waals surface area contributed by atoms with Crippen LogP contribution < -0.4 is 4.72 Å². The lowest BCUT2D eigenvalue weighted by Crippen LogP contribution is -2.23. The number of rotatable bonds is 5. The van der Waals surface area contributed by atoms with Crippen LogP contribution in [0.4, 0.5) is 8.78 Å². The maximum Gasteiger partial charge on any atom is 0.345 e. The van der Waals surface area contributed by atoms with E-state index in [9.17, 15) is 22.0 Å². The zero-order valence-corrected chi connectivity index (χ0v) is 12.0. The highest BCUT2D eigenvalue weighted by Crippen LogP contribution is 2.19. The third-order valence-corrected chi connectivity index (χ3v) is 5.00. The van der Waals surface area contributed by atoms with Crippen LogP contribution in [0, 0.1) is 11.6 Å². The lowest BCUT2D eigenvalue weighted by Gasteiger charge is -2.06. The van der Waals surface area contributed by atoms with Crippen molar-refractivity contribution >= 4 is 27.3 Å². The molecule has 9 heteroatoms. The predicted octanol–water partition coefficient (Wildman–Crippen LogP) is 2.20. The van der Waals surface area contributed by atoms with Crippen LogP contribution in [0.15, 0.2) is 34.5 Å². The third kappa shape index (κ3) is 3.63. The van der Waals surface area contributed by atoms with Crippen molar-refractivity contribution in [3.8, 4) is 0 Å². The van der Waals surface area contributed by atoms with Crippen molar-refractivity contribution in [2.45, 2.75) is 11.4 Å². The van der Waals surface area contributed by atoms with Crippen LogP contribution in [-0.4, -0.2) is 19.5 Å². The number of aromatic carboxylic acids is 1. The molecule has 0 bridgehead atoms. The van der Waals surface area contributed by atoms with Crippen molar-refractivity contribution < 1.29 is 27.1 Å². The van der Waals surface area contributed by atoms with Gasteiger partial charge < -0.3 is 5.11 Å². The zero-order valence-electron chi connectivity index (χ0n) is 10.3. The molecule has 2 N–H and O–H groups in total. The molecule has 0 aliphatic carbocycles. The smallest absolute Gasteiger partial charge is 0.345 e. The standard InChI is InChI=1S/C12H9F2NO4S2/c13-8-1-2-10(14)7(3-8)5-15-21(18,19)9-4-11(12(16)17)20-6-9/h1-4,6,15H,5H2,(H,16,17). The molecule has 5 nitrogen and oxygen atoms in total. The lowest BCUT2D eigenvalue weighted by molar-refractivity contribution is 0.0702. The molecule has 0 spiro atoms. The summed E-state index contributed by atoms with van der Waals surface area (Å²) in [5.74, 6) is -2.66. The number of nitrogens with one attached hydrogen (secondary N) is 1. The quantitative estimate of drug-likeness (QED) is 0.879. The normalized spacial score (nSPS) is 11.5. The first-order valence-corrected chi connectivity index (χ1v) is 7.91. The van der Waals surface area contributed by atoms with Gasteiger partial charge in [-0.05, 0) is 24.3 Å². The molecule has 21 heavy (non-hydrogen) atoms. The SMILES string of the molecule is O=C(O)c1cc(S(=O)(=O)NCc2cc(F)ccc2F)cs1. The Labute approximate surface area is 122 Å². The number of benzene rings is 1. The molecule has 0 fully saturated rings. The van der Waals surface area contributed by atoms with E-state index in [-0.39, 0.29) is 15.3 Å². The second-order valence-electron chi connectivity index (χ2n) is 4.01. The number of carbonyl (C=O) groups is 1. The first kappa shape index (κ1) is 15.5. The van der Waals surface area contributed by atoms with Gasteiger partial charge >= 0.3 is 5.97 Å². The molecule has 1 aromatic carbocycles. The largest absolute Gasteiger partial charge is 0.477 e. The van der Waals surface area contributed by atoms with E-state index in [1.807, 2.05) is 0 Å². The average Bonchev–Trinajstić information content (AvgIpc) is 2.90. The number of halogens is 2. The number of hydrogen-bond donors (Lipinski definition) is 2. The van der Waals surface area contributed by atoms with E-state index in [1.54, 1.807) is 0 Å². The fraction of sp³-hybridized carbons (Fsp3) is 0.0833. The summed E-state index contributed by atoms with van der Waals surface area (Å²) in [6.07, 6.45) is 0. The van der Waals surface area contributed by atoms with Gasteiger partial charge in [0.15, 0.2) is 0 Å². The monoisotopic (exact) mass is 333 g/mol. The van der Waals surface area contributed by atoms with E-state index in [0.29, 0.717) is 0 Å². The van der Waals surface area contributed by atoms with Gasteiger partial charge in [-0.1, -0.05) is 0 Å². The van der Waals surface area contributed by atoms with E-state index in [1.165, 1.54) is 0 Å². The molecule has 0 aliphatic rings. The second kappa shape index (κ2) is 5.88. The fourth-order valence-electron chi connectivity index (χ4n) is 1.51. The van der Waals surface area contributed by atoms with Gasteiger partial charge in [-0.25, -0.2) is 26.7 Å². The van der Waals surface area contributed by atoms with Crippen LogP contribution in [0.3, 0.4) is 0 Å². The summed E-state index contributed by atoms with van der Waals surface area (Å²) >= 11 is 0.759. The Kier molecular flexibility index (Phi) is 4.35. The second-order valence-corrected chi connectivity index (χ2v) is 6.69. The lowest BCUT2D eigenvalue weighted by atomic mass is 10.2. The van der Waals surface area contributed by atoms with E-state index in [4.69, 9.17) is 5.11 Å². The summed E-state index contributed by atoms with van der Waals surface area (Å²) in [7, 11) is -3.99. The molecule has 0 unspecified atom stereocenters. The minimum atomic E-state index is -3.99. The van der Waals surface area contributed by atoms with Crippen molar-refractivity contribution in [1.82, 2.24) is 4.72 Å². The molecule has 112 valence electrons. The molecule has 2 rings (SSSR count). The Morgan fingerprint density at radius 3 is 2.62 bits per heavy atom. The molecule has 0 radical (unpaired) electrons. The van der Waals surface area contributed by atoms with Gasteiger partial charge in [0.2, 0.25) is 10.0 Å². The maximum atomic E-state index is 13.4. The van der Waals surface area contributed by atoms with Gasteiger partial charge in [0, 0.05) is 17.5 Å². The van der Waals surface area contributed by atoms with Gasteiger partial charge in [0.05, 0.1) is 4.90 Å². The van der Waals surface area contributed by atoms with Gasteiger partial charge in [0.25, 0.3) is 0 Å². The Morgan fingerprint density at radius 1 is 1.29 bits per heavy atom. The Hall–Kier alpha value is -1.84. The van der Waals surface area contributed by atoms with Crippen LogP contribution in [0.2, 0.25) is 0 Å². The Bertz CT molecular complexity index is 786. The molecule has 0 atom stereocenters. The summed E-state index contributed by atoms with van der Waals surface area (Å²) in [6.45, 7) is -0.440. The van der Waals surface area contributed by atoms with Gasteiger partial charge in [-0.2, -0.15) is 0 Å². The average molecular weight is 333 g/mol. The van der Waals surface area contributed by atoms with E-state index < -0.39 is 34.2 Å². The molecule has 1 aromatic heterocycles. The Balaban J connectivity index is 2.17. The van der Waals surface area contributed by atoms with E-state index >= 15 is 0 Å². The van der Waals surface area contributed by atoms with Crippen molar-refractivity contribution in [2.75, 3.05) is 0 Å². The number of hydrogen-bond acceptors (Lipinski definition) is 4. The highest BCUT2D eigenvalue weighted by molar-refractivity contribution is 7.89. The molecule has 1 heterocycles. The topological polar surface area (TPSA) is 83.5 Å². The number of carboxylic acid groups (broad SMARTS) is 1. The third-order valence-electron chi connectivity index (χ3n) is 2.56. The van der Waals surface area contributed by atoms with E-state index in [2.05, 4.69) is 4.72 Å². The van der Waals surface area contributed by atoms with E-state index in [0.717, 1.165) is 41.0 Å². The summed E-state index contributed by atoms with van der Waals surface area (Å²) in [6, 6.07) is 3.70. The summed E-state index contributed by atoms with van der Waals surface area (Å²) < 4.78 is 52.3. The molecule has 0 amide bonds. The van der Waals surface area contributed by atoms with Crippen molar-refractivity contribution in [2.24, 2.45) is 0 Å². The van der Waals surface area contributed by atoms with Crippen LogP contribution >= 0.6 is 11.3 Å². The molecule has 0 saturated carbocycles. The first-order valence-electron chi connectivity index (χ1n) is 5.55. The zero-order chi connectivity index (χ0) is 15.6. The maximum absolute atomic E-state index is 13.4. The highest BCUT2D eigenvalue weighted by atomic mass is 32.2. The van der Waals surface area contributed by atoms with Crippen molar-refractivity contribution in [3.63, 3.8) is 0 Å². The minimum Gasteiger partial charge on any atom is -0.477 e. The molecule has 0 aliphatic heterocycles. The molecule has 0 saturated heterocycles.